The predicted octanol–water partition coefficient (Wildman–Crippen LogP) is 5.89. The van der Waals surface area contributed by atoms with Gasteiger partial charge in [0.15, 0.2) is 10.9 Å². The highest BCUT2D eigenvalue weighted by molar-refractivity contribution is 7.98. The molecule has 0 saturated heterocycles. The maximum Gasteiger partial charge on any atom is 0.271 e. The number of nitrogens with zero attached hydrogens (tertiary/aromatic N) is 2. The molecule has 0 aliphatic rings. The number of thioether (sulfide) groups is 1. The minimum atomic E-state index is -0.441. The molecule has 0 aliphatic carbocycles. The summed E-state index contributed by atoms with van der Waals surface area (Å²) in [5.41, 5.74) is 1.50. The van der Waals surface area contributed by atoms with Crippen LogP contribution in [0.25, 0.3) is 0 Å². The number of carbonyl (C=O) groups excluding carboxylic acids is 2. The van der Waals surface area contributed by atoms with Crippen molar-refractivity contribution in [3.8, 4) is 5.75 Å². The lowest BCUT2D eigenvalue weighted by molar-refractivity contribution is -0.116. The van der Waals surface area contributed by atoms with E-state index in [1.807, 2.05) is 24.3 Å². The van der Waals surface area contributed by atoms with Crippen molar-refractivity contribution in [2.45, 2.75) is 23.8 Å². The second-order valence-electron chi connectivity index (χ2n) is 6.98. The first-order valence-corrected chi connectivity index (χ1v) is 12.3. The molecule has 11 heteroatoms. The largest absolute Gasteiger partial charge is 0.495 e. The van der Waals surface area contributed by atoms with Crippen LogP contribution in [0.3, 0.4) is 0 Å². The molecular formula is C23H21Cl3N4O3S. The maximum absolute atomic E-state index is 12.6. The highest BCUT2D eigenvalue weighted by Crippen LogP contribution is 2.28. The van der Waals surface area contributed by atoms with Crippen molar-refractivity contribution < 1.29 is 14.3 Å². The highest BCUT2D eigenvalue weighted by atomic mass is 35.5. The van der Waals surface area contributed by atoms with Crippen LogP contribution in [0.1, 0.15) is 28.9 Å². The van der Waals surface area contributed by atoms with E-state index in [2.05, 4.69) is 20.6 Å². The van der Waals surface area contributed by atoms with Gasteiger partial charge < -0.3 is 15.4 Å². The number of amides is 2. The van der Waals surface area contributed by atoms with Crippen molar-refractivity contribution in [3.05, 3.63) is 75.0 Å². The molecule has 3 aromatic rings. The molecule has 0 fully saturated rings. The van der Waals surface area contributed by atoms with Gasteiger partial charge in [0.2, 0.25) is 5.91 Å². The summed E-state index contributed by atoms with van der Waals surface area (Å²) in [5.74, 6) is 0.388. The van der Waals surface area contributed by atoms with E-state index in [0.717, 1.165) is 5.56 Å². The van der Waals surface area contributed by atoms with Gasteiger partial charge in [0.05, 0.1) is 24.0 Å². The van der Waals surface area contributed by atoms with Gasteiger partial charge in [-0.05, 0) is 36.2 Å². The lowest BCUT2D eigenvalue weighted by Gasteiger charge is -2.11. The average Bonchev–Trinajstić information content (AvgIpc) is 2.82. The summed E-state index contributed by atoms with van der Waals surface area (Å²) in [5, 5.41) is 7.17. The number of rotatable bonds is 10. The molecule has 3 rings (SSSR count). The van der Waals surface area contributed by atoms with E-state index in [-0.39, 0.29) is 29.6 Å². The first-order chi connectivity index (χ1) is 16.4. The zero-order chi connectivity index (χ0) is 24.5. The number of aromatic nitrogens is 2. The molecule has 178 valence electrons. The molecule has 34 heavy (non-hydrogen) atoms. The van der Waals surface area contributed by atoms with Crippen molar-refractivity contribution >= 4 is 64.1 Å². The first kappa shape index (κ1) is 26.1. The number of anilines is 1. The van der Waals surface area contributed by atoms with Crippen LogP contribution in [0.2, 0.25) is 15.1 Å². The highest BCUT2D eigenvalue weighted by Gasteiger charge is 2.15. The molecule has 0 atom stereocenters. The van der Waals surface area contributed by atoms with Gasteiger partial charge in [-0.1, -0.05) is 64.8 Å². The summed E-state index contributed by atoms with van der Waals surface area (Å²) < 4.78 is 5.21. The van der Waals surface area contributed by atoms with Crippen molar-refractivity contribution in [1.82, 2.24) is 15.3 Å². The molecule has 2 aromatic carbocycles. The molecule has 2 N–H and O–H groups in total. The molecule has 0 unspecified atom stereocenters. The van der Waals surface area contributed by atoms with Gasteiger partial charge in [0.25, 0.3) is 5.91 Å². The summed E-state index contributed by atoms with van der Waals surface area (Å²) in [6.45, 7) is 0.265. The van der Waals surface area contributed by atoms with Gasteiger partial charge in [-0.2, -0.15) is 0 Å². The topological polar surface area (TPSA) is 93.2 Å². The van der Waals surface area contributed by atoms with Crippen LogP contribution < -0.4 is 15.4 Å². The smallest absolute Gasteiger partial charge is 0.271 e. The van der Waals surface area contributed by atoms with E-state index in [1.165, 1.54) is 25.1 Å². The molecule has 1 heterocycles. The molecule has 0 saturated carbocycles. The van der Waals surface area contributed by atoms with Crippen molar-refractivity contribution in [1.29, 1.82) is 0 Å². The van der Waals surface area contributed by atoms with E-state index in [0.29, 0.717) is 38.8 Å². The van der Waals surface area contributed by atoms with E-state index < -0.39 is 5.91 Å². The summed E-state index contributed by atoms with van der Waals surface area (Å²) in [6, 6.07) is 12.4. The van der Waals surface area contributed by atoms with E-state index in [4.69, 9.17) is 39.5 Å². The Morgan fingerprint density at radius 2 is 1.88 bits per heavy atom. The number of halogens is 3. The van der Waals surface area contributed by atoms with Gasteiger partial charge in [-0.15, -0.1) is 0 Å². The second-order valence-corrected chi connectivity index (χ2v) is 9.17. The Bertz CT molecular complexity index is 1180. The molecule has 1 aromatic heterocycles. The predicted molar refractivity (Wildman–Crippen MR) is 136 cm³/mol. The third kappa shape index (κ3) is 7.50. The SMILES string of the molecule is COc1ccc(Cl)cc1NC(=O)CCCNC(=O)c1nc(SCc2ccccc2Cl)ncc1Cl. The van der Waals surface area contributed by atoms with Crippen molar-refractivity contribution in [2.24, 2.45) is 0 Å². The van der Waals surface area contributed by atoms with Crippen molar-refractivity contribution in [3.63, 3.8) is 0 Å². The van der Waals surface area contributed by atoms with Crippen LogP contribution in [-0.4, -0.2) is 35.4 Å². The Hall–Kier alpha value is -2.52. The summed E-state index contributed by atoms with van der Waals surface area (Å²) >= 11 is 19.6. The zero-order valence-electron chi connectivity index (χ0n) is 18.1. The minimum absolute atomic E-state index is 0.0754. The summed E-state index contributed by atoms with van der Waals surface area (Å²) in [6.07, 6.45) is 1.99. The quantitative estimate of drug-likeness (QED) is 0.190. The molecule has 0 aliphatic heterocycles. The molecule has 0 spiro atoms. The fraction of sp³-hybridized carbons (Fsp3) is 0.217. The third-order valence-corrected chi connectivity index (χ3v) is 6.34. The molecule has 2 amide bonds. The molecule has 0 bridgehead atoms. The summed E-state index contributed by atoms with van der Waals surface area (Å²) in [7, 11) is 1.51. The Labute approximate surface area is 216 Å². The fourth-order valence-corrected chi connectivity index (χ4v) is 4.31. The lowest BCUT2D eigenvalue weighted by Crippen LogP contribution is -2.27. The zero-order valence-corrected chi connectivity index (χ0v) is 21.2. The van der Waals surface area contributed by atoms with E-state index in [9.17, 15) is 9.59 Å². The van der Waals surface area contributed by atoms with Gasteiger partial charge in [-0.25, -0.2) is 9.97 Å². The molecular weight excluding hydrogens is 519 g/mol. The number of methoxy groups -OCH3 is 1. The third-order valence-electron chi connectivity index (χ3n) is 4.55. The maximum atomic E-state index is 12.6. The molecule has 7 nitrogen and oxygen atoms in total. The van der Waals surface area contributed by atoms with Gasteiger partial charge in [0.1, 0.15) is 5.75 Å². The number of nitrogens with one attached hydrogen (secondary N) is 2. The van der Waals surface area contributed by atoms with Crippen LogP contribution in [0.4, 0.5) is 5.69 Å². The lowest BCUT2D eigenvalue weighted by atomic mass is 10.2. The van der Waals surface area contributed by atoms with E-state index >= 15 is 0 Å². The fourth-order valence-electron chi connectivity index (χ4n) is 2.86. The molecule has 0 radical (unpaired) electrons. The van der Waals surface area contributed by atoms with Crippen molar-refractivity contribution in [2.75, 3.05) is 19.0 Å². The van der Waals surface area contributed by atoms with Gasteiger partial charge in [0, 0.05) is 28.8 Å². The first-order valence-electron chi connectivity index (χ1n) is 10.2. The second kappa shape index (κ2) is 12.8. The van der Waals surface area contributed by atoms with E-state index in [1.54, 1.807) is 18.2 Å². The van der Waals surface area contributed by atoms with Gasteiger partial charge >= 0.3 is 0 Å². The standard InChI is InChI=1S/C23H21Cl3N4O3S/c1-33-19-9-8-15(24)11-18(19)29-20(31)7-4-10-27-22(32)21-17(26)12-28-23(30-21)34-13-14-5-2-3-6-16(14)25/h2-3,5-6,8-9,11-12H,4,7,10,13H2,1H3,(H,27,32)(H,29,31). The Morgan fingerprint density at radius 1 is 1.09 bits per heavy atom. The average molecular weight is 540 g/mol. The number of hydrogen-bond donors (Lipinski definition) is 2. The number of carbonyl (C=O) groups is 2. The Balaban J connectivity index is 1.49. The van der Waals surface area contributed by atoms with Crippen LogP contribution >= 0.6 is 46.6 Å². The van der Waals surface area contributed by atoms with Crippen LogP contribution in [-0.2, 0) is 10.5 Å². The van der Waals surface area contributed by atoms with Gasteiger partial charge in [-0.3, -0.25) is 9.59 Å². The number of ether oxygens (including phenoxy) is 1. The van der Waals surface area contributed by atoms with Crippen LogP contribution in [0, 0.1) is 0 Å². The Kier molecular flexibility index (Phi) is 9.83. The summed E-state index contributed by atoms with van der Waals surface area (Å²) in [4.78, 5) is 33.2. The monoisotopic (exact) mass is 538 g/mol. The van der Waals surface area contributed by atoms with Crippen LogP contribution in [0.15, 0.2) is 53.8 Å². The normalized spacial score (nSPS) is 10.6. The number of benzene rings is 2. The minimum Gasteiger partial charge on any atom is -0.495 e. The van der Waals surface area contributed by atoms with Crippen LogP contribution in [0.5, 0.6) is 5.75 Å². The number of hydrogen-bond acceptors (Lipinski definition) is 6. The Morgan fingerprint density at radius 3 is 2.65 bits per heavy atom.